The highest BCUT2D eigenvalue weighted by Crippen LogP contribution is 2.36. The van der Waals surface area contributed by atoms with E-state index in [1.807, 2.05) is 0 Å². The molecule has 0 bridgehead atoms. The third-order valence-corrected chi connectivity index (χ3v) is 4.34. The van der Waals surface area contributed by atoms with E-state index >= 15 is 0 Å². The molecule has 1 amide bonds. The van der Waals surface area contributed by atoms with E-state index in [0.717, 1.165) is 12.8 Å². The molecule has 1 aromatic rings. The topological polar surface area (TPSA) is 99.3 Å². The first-order valence-corrected chi connectivity index (χ1v) is 7.08. The van der Waals surface area contributed by atoms with E-state index in [4.69, 9.17) is 0 Å². The number of carboxylic acid groups (broad SMARTS) is 1. The molecule has 0 radical (unpaired) electrons. The van der Waals surface area contributed by atoms with Crippen LogP contribution in [0.3, 0.4) is 0 Å². The predicted octanol–water partition coefficient (Wildman–Crippen LogP) is 1.98. The van der Waals surface area contributed by atoms with Gasteiger partial charge in [-0.05, 0) is 32.8 Å². The lowest BCUT2D eigenvalue weighted by Gasteiger charge is -2.38. The van der Waals surface area contributed by atoms with Crippen LogP contribution in [0.4, 0.5) is 0 Å². The molecule has 114 valence electrons. The van der Waals surface area contributed by atoms with Crippen molar-refractivity contribution >= 4 is 17.7 Å². The molecule has 2 atom stereocenters. The molecule has 0 spiro atoms. The van der Waals surface area contributed by atoms with E-state index in [1.54, 1.807) is 6.92 Å². The minimum absolute atomic E-state index is 0.127. The van der Waals surface area contributed by atoms with Crippen LogP contribution in [0.15, 0.2) is 12.3 Å². The Balaban J connectivity index is 2.13. The smallest absolute Gasteiger partial charge is 0.311 e. The number of ketones is 1. The molecule has 1 aliphatic rings. The number of Topliss-reactive ketones (excluding diaryl/α,β-unsaturated/α-hetero) is 1. The van der Waals surface area contributed by atoms with Crippen molar-refractivity contribution < 1.29 is 19.5 Å². The van der Waals surface area contributed by atoms with Crippen molar-refractivity contribution in [2.24, 2.45) is 5.41 Å². The zero-order chi connectivity index (χ0) is 15.6. The minimum Gasteiger partial charge on any atom is -0.481 e. The molecule has 0 aliphatic heterocycles. The lowest BCUT2D eigenvalue weighted by atomic mass is 9.71. The van der Waals surface area contributed by atoms with Crippen LogP contribution in [0.25, 0.3) is 0 Å². The predicted molar refractivity (Wildman–Crippen MR) is 76.3 cm³/mol. The van der Waals surface area contributed by atoms with Gasteiger partial charge in [0.05, 0.1) is 5.41 Å². The number of amides is 1. The fourth-order valence-corrected chi connectivity index (χ4v) is 2.79. The van der Waals surface area contributed by atoms with Gasteiger partial charge in [0.25, 0.3) is 5.91 Å². The maximum absolute atomic E-state index is 12.2. The zero-order valence-electron chi connectivity index (χ0n) is 12.2. The molecule has 2 rings (SSSR count). The summed E-state index contributed by atoms with van der Waals surface area (Å²) in [7, 11) is 0. The molecule has 6 heteroatoms. The second-order valence-corrected chi connectivity index (χ2v) is 5.85. The van der Waals surface area contributed by atoms with Crippen molar-refractivity contribution in [3.05, 3.63) is 23.5 Å². The molecule has 1 saturated carbocycles. The number of H-pyrrole nitrogens is 1. The summed E-state index contributed by atoms with van der Waals surface area (Å²) in [5.41, 5.74) is -0.229. The van der Waals surface area contributed by atoms with Crippen molar-refractivity contribution in [3.63, 3.8) is 0 Å². The number of aromatic nitrogens is 1. The Morgan fingerprint density at radius 1 is 1.38 bits per heavy atom. The molecule has 1 aromatic heterocycles. The number of aromatic amines is 1. The van der Waals surface area contributed by atoms with Gasteiger partial charge in [-0.3, -0.25) is 14.4 Å². The van der Waals surface area contributed by atoms with Gasteiger partial charge in [0.15, 0.2) is 5.78 Å². The van der Waals surface area contributed by atoms with Gasteiger partial charge in [-0.25, -0.2) is 0 Å². The number of carboxylic acids is 1. The number of aliphatic carboxylic acids is 1. The second kappa shape index (κ2) is 5.71. The highest BCUT2D eigenvalue weighted by atomic mass is 16.4. The molecule has 1 fully saturated rings. The summed E-state index contributed by atoms with van der Waals surface area (Å²) in [6.45, 7) is 3.10. The summed E-state index contributed by atoms with van der Waals surface area (Å²) in [5.74, 6) is -1.39. The summed E-state index contributed by atoms with van der Waals surface area (Å²) in [6.07, 6.45) is 4.43. The fraction of sp³-hybridized carbons (Fsp3) is 0.533. The lowest BCUT2D eigenvalue weighted by Crippen LogP contribution is -2.52. The van der Waals surface area contributed by atoms with Gasteiger partial charge in [0.1, 0.15) is 5.69 Å². The minimum atomic E-state index is -0.941. The number of hydrogen-bond donors (Lipinski definition) is 3. The number of nitrogens with one attached hydrogen (secondary N) is 2. The summed E-state index contributed by atoms with van der Waals surface area (Å²) >= 11 is 0. The SMILES string of the molecule is CC(=O)c1c[nH]c(C(=O)NC2CCCCC2(C)C(=O)O)c1. The van der Waals surface area contributed by atoms with Gasteiger partial charge in [-0.15, -0.1) is 0 Å². The van der Waals surface area contributed by atoms with Crippen molar-refractivity contribution in [3.8, 4) is 0 Å². The van der Waals surface area contributed by atoms with Gasteiger partial charge in [0, 0.05) is 17.8 Å². The second-order valence-electron chi connectivity index (χ2n) is 5.85. The fourth-order valence-electron chi connectivity index (χ4n) is 2.79. The molecule has 1 aliphatic carbocycles. The van der Waals surface area contributed by atoms with Crippen LogP contribution in [0.2, 0.25) is 0 Å². The first-order valence-electron chi connectivity index (χ1n) is 7.08. The summed E-state index contributed by atoms with van der Waals surface area (Å²) in [5, 5.41) is 12.2. The highest BCUT2D eigenvalue weighted by molar-refractivity contribution is 5.99. The van der Waals surface area contributed by atoms with Crippen LogP contribution in [0, 0.1) is 5.41 Å². The van der Waals surface area contributed by atoms with Crippen LogP contribution in [-0.2, 0) is 4.79 Å². The number of carbonyl (C=O) groups is 3. The molecular weight excluding hydrogens is 272 g/mol. The molecule has 0 aromatic carbocycles. The highest BCUT2D eigenvalue weighted by Gasteiger charge is 2.44. The Morgan fingerprint density at radius 2 is 2.10 bits per heavy atom. The maximum Gasteiger partial charge on any atom is 0.311 e. The normalized spacial score (nSPS) is 25.3. The van der Waals surface area contributed by atoms with Crippen molar-refractivity contribution in [2.45, 2.75) is 45.6 Å². The van der Waals surface area contributed by atoms with E-state index in [0.29, 0.717) is 18.4 Å². The van der Waals surface area contributed by atoms with Gasteiger partial charge in [0.2, 0.25) is 0 Å². The van der Waals surface area contributed by atoms with E-state index in [1.165, 1.54) is 19.2 Å². The Bertz CT molecular complexity index is 578. The molecule has 2 unspecified atom stereocenters. The van der Waals surface area contributed by atoms with E-state index in [9.17, 15) is 19.5 Å². The molecule has 6 nitrogen and oxygen atoms in total. The quantitative estimate of drug-likeness (QED) is 0.739. The zero-order valence-corrected chi connectivity index (χ0v) is 12.2. The summed E-state index contributed by atoms with van der Waals surface area (Å²) in [4.78, 5) is 37.7. The van der Waals surface area contributed by atoms with E-state index in [2.05, 4.69) is 10.3 Å². The Morgan fingerprint density at radius 3 is 2.67 bits per heavy atom. The van der Waals surface area contributed by atoms with Crippen LogP contribution in [0.1, 0.15) is 60.4 Å². The first kappa shape index (κ1) is 15.3. The molecular formula is C15H20N2O4. The largest absolute Gasteiger partial charge is 0.481 e. The van der Waals surface area contributed by atoms with Crippen molar-refractivity contribution in [1.82, 2.24) is 10.3 Å². The molecule has 21 heavy (non-hydrogen) atoms. The van der Waals surface area contributed by atoms with Crippen LogP contribution >= 0.6 is 0 Å². The molecule has 1 heterocycles. The van der Waals surface area contributed by atoms with Crippen LogP contribution in [0.5, 0.6) is 0 Å². The standard InChI is InChI=1S/C15H20N2O4/c1-9(18)10-7-11(16-8-10)13(19)17-12-5-3-4-6-15(12,2)14(20)21/h7-8,12,16H,3-6H2,1-2H3,(H,17,19)(H,20,21). The molecule has 3 N–H and O–H groups in total. The van der Waals surface area contributed by atoms with Gasteiger partial charge in [-0.2, -0.15) is 0 Å². The maximum atomic E-state index is 12.2. The van der Waals surface area contributed by atoms with Crippen molar-refractivity contribution in [1.29, 1.82) is 0 Å². The van der Waals surface area contributed by atoms with Crippen LogP contribution in [-0.4, -0.2) is 33.8 Å². The van der Waals surface area contributed by atoms with Crippen LogP contribution < -0.4 is 5.32 Å². The summed E-state index contributed by atoms with van der Waals surface area (Å²) in [6, 6.07) is 1.08. The van der Waals surface area contributed by atoms with Gasteiger partial charge >= 0.3 is 5.97 Å². The number of rotatable bonds is 4. The summed E-state index contributed by atoms with van der Waals surface area (Å²) < 4.78 is 0. The Labute approximate surface area is 122 Å². The van der Waals surface area contributed by atoms with E-state index in [-0.39, 0.29) is 17.4 Å². The monoisotopic (exact) mass is 292 g/mol. The van der Waals surface area contributed by atoms with E-state index < -0.39 is 17.4 Å². The average Bonchev–Trinajstić information content (AvgIpc) is 2.91. The first-order chi connectivity index (χ1) is 9.84. The average molecular weight is 292 g/mol. The van der Waals surface area contributed by atoms with Gasteiger partial charge in [-0.1, -0.05) is 12.8 Å². The Kier molecular flexibility index (Phi) is 4.16. The Hall–Kier alpha value is -2.11. The lowest BCUT2D eigenvalue weighted by molar-refractivity contribution is -0.151. The third-order valence-electron chi connectivity index (χ3n) is 4.34. The third kappa shape index (κ3) is 2.99. The number of carbonyl (C=O) groups excluding carboxylic acids is 2. The molecule has 0 saturated heterocycles. The number of hydrogen-bond acceptors (Lipinski definition) is 3. The van der Waals surface area contributed by atoms with Crippen molar-refractivity contribution in [2.75, 3.05) is 0 Å². The van der Waals surface area contributed by atoms with Gasteiger partial charge < -0.3 is 15.4 Å².